The van der Waals surface area contributed by atoms with Gasteiger partial charge in [-0.05, 0) is 19.1 Å². The molecule has 1 aromatic heterocycles. The Labute approximate surface area is 121 Å². The van der Waals surface area contributed by atoms with Gasteiger partial charge in [-0.2, -0.15) is 0 Å². The predicted octanol–water partition coefficient (Wildman–Crippen LogP) is 4.34. The van der Waals surface area contributed by atoms with E-state index in [9.17, 15) is 0 Å². The summed E-state index contributed by atoms with van der Waals surface area (Å²) in [6.45, 7) is 5.85. The van der Waals surface area contributed by atoms with Crippen LogP contribution in [0.25, 0.3) is 11.3 Å². The average Bonchev–Trinajstić information content (AvgIpc) is 2.44. The van der Waals surface area contributed by atoms with Crippen molar-refractivity contribution in [3.05, 3.63) is 48.2 Å². The van der Waals surface area contributed by atoms with Crippen LogP contribution in [0, 0.1) is 6.92 Å². The number of aryl methyl sites for hydroxylation is 1. The summed E-state index contributed by atoms with van der Waals surface area (Å²) >= 11 is 3.49. The second kappa shape index (κ2) is 5.39. The highest BCUT2D eigenvalue weighted by molar-refractivity contribution is 7.99. The zero-order valence-electron chi connectivity index (χ0n) is 10.7. The minimum atomic E-state index is 0.831. The van der Waals surface area contributed by atoms with Gasteiger partial charge in [0.25, 0.3) is 0 Å². The molecule has 0 bridgehead atoms. The standard InChI is InChI=1S/C15H14N2S2/c1-3-6-18-15-16-8-11-9-19-13-5-4-10(2)7-12(13)14(11)17-15/h3-5,7-8H,1,6,9H2,2H3. The van der Waals surface area contributed by atoms with Crippen molar-refractivity contribution in [2.24, 2.45) is 0 Å². The minimum Gasteiger partial charge on any atom is -0.231 e. The van der Waals surface area contributed by atoms with Gasteiger partial charge in [0, 0.05) is 33.7 Å². The molecule has 0 amide bonds. The van der Waals surface area contributed by atoms with Crippen molar-refractivity contribution in [3.63, 3.8) is 0 Å². The number of thioether (sulfide) groups is 2. The van der Waals surface area contributed by atoms with Crippen LogP contribution >= 0.6 is 23.5 Å². The van der Waals surface area contributed by atoms with Crippen molar-refractivity contribution in [2.75, 3.05) is 5.75 Å². The monoisotopic (exact) mass is 286 g/mol. The molecule has 0 unspecified atom stereocenters. The van der Waals surface area contributed by atoms with Gasteiger partial charge in [0.05, 0.1) is 5.69 Å². The fraction of sp³-hybridized carbons (Fsp3) is 0.200. The number of nitrogens with zero attached hydrogens (tertiary/aromatic N) is 2. The lowest BCUT2D eigenvalue weighted by molar-refractivity contribution is 0.948. The molecule has 0 radical (unpaired) electrons. The Morgan fingerprint density at radius 1 is 1.47 bits per heavy atom. The van der Waals surface area contributed by atoms with Crippen molar-refractivity contribution in [1.29, 1.82) is 0 Å². The molecule has 2 heterocycles. The topological polar surface area (TPSA) is 25.8 Å². The van der Waals surface area contributed by atoms with Crippen LogP contribution in [0.2, 0.25) is 0 Å². The Hall–Kier alpha value is -1.26. The van der Waals surface area contributed by atoms with Gasteiger partial charge in [0.2, 0.25) is 0 Å². The van der Waals surface area contributed by atoms with Crippen LogP contribution in [0.1, 0.15) is 11.1 Å². The molecule has 96 valence electrons. The quantitative estimate of drug-likeness (QED) is 0.476. The Morgan fingerprint density at radius 3 is 3.21 bits per heavy atom. The van der Waals surface area contributed by atoms with E-state index < -0.39 is 0 Å². The first-order chi connectivity index (χ1) is 9.28. The van der Waals surface area contributed by atoms with Crippen LogP contribution in [0.3, 0.4) is 0 Å². The summed E-state index contributed by atoms with van der Waals surface area (Å²) < 4.78 is 0. The lowest BCUT2D eigenvalue weighted by Gasteiger charge is -2.18. The molecule has 0 fully saturated rings. The number of rotatable bonds is 3. The third-order valence-electron chi connectivity index (χ3n) is 2.95. The first-order valence-electron chi connectivity index (χ1n) is 6.11. The molecule has 2 nitrogen and oxygen atoms in total. The molecule has 1 aliphatic rings. The van der Waals surface area contributed by atoms with Crippen molar-refractivity contribution in [2.45, 2.75) is 22.7 Å². The van der Waals surface area contributed by atoms with Gasteiger partial charge in [-0.1, -0.05) is 29.5 Å². The molecular formula is C15H14N2S2. The molecule has 0 spiro atoms. The molecule has 3 rings (SSSR count). The number of hydrogen-bond acceptors (Lipinski definition) is 4. The van der Waals surface area contributed by atoms with Gasteiger partial charge >= 0.3 is 0 Å². The number of hydrogen-bond donors (Lipinski definition) is 0. The maximum atomic E-state index is 4.72. The normalized spacial score (nSPS) is 12.7. The second-order valence-electron chi connectivity index (χ2n) is 4.41. The van der Waals surface area contributed by atoms with Gasteiger partial charge in [-0.25, -0.2) is 9.97 Å². The third kappa shape index (κ3) is 2.55. The van der Waals surface area contributed by atoms with Crippen LogP contribution in [0.15, 0.2) is 47.1 Å². The zero-order chi connectivity index (χ0) is 13.2. The molecule has 0 saturated heterocycles. The fourth-order valence-corrected chi connectivity index (χ4v) is 3.59. The van der Waals surface area contributed by atoms with Crippen molar-refractivity contribution < 1.29 is 0 Å². The fourth-order valence-electron chi connectivity index (χ4n) is 2.04. The first-order valence-corrected chi connectivity index (χ1v) is 8.08. The molecule has 0 saturated carbocycles. The molecule has 19 heavy (non-hydrogen) atoms. The van der Waals surface area contributed by atoms with E-state index in [1.54, 1.807) is 11.8 Å². The molecule has 4 heteroatoms. The van der Waals surface area contributed by atoms with E-state index in [1.807, 2.05) is 24.0 Å². The summed E-state index contributed by atoms with van der Waals surface area (Å²) in [6.07, 6.45) is 3.84. The van der Waals surface area contributed by atoms with E-state index in [1.165, 1.54) is 21.6 Å². The van der Waals surface area contributed by atoms with E-state index >= 15 is 0 Å². The number of aromatic nitrogens is 2. The summed E-state index contributed by atoms with van der Waals surface area (Å²) in [4.78, 5) is 10.5. The van der Waals surface area contributed by atoms with Gasteiger partial charge < -0.3 is 0 Å². The Kier molecular flexibility index (Phi) is 3.62. The molecule has 2 aromatic rings. The van der Waals surface area contributed by atoms with Crippen molar-refractivity contribution in [1.82, 2.24) is 9.97 Å². The van der Waals surface area contributed by atoms with Crippen LogP contribution < -0.4 is 0 Å². The van der Waals surface area contributed by atoms with Crippen molar-refractivity contribution >= 4 is 23.5 Å². The smallest absolute Gasteiger partial charge is 0.188 e. The van der Waals surface area contributed by atoms with Crippen LogP contribution in [0.4, 0.5) is 0 Å². The van der Waals surface area contributed by atoms with Crippen LogP contribution in [-0.2, 0) is 5.75 Å². The maximum absolute atomic E-state index is 4.72. The maximum Gasteiger partial charge on any atom is 0.188 e. The first kappa shape index (κ1) is 12.8. The Balaban J connectivity index is 2.07. The molecule has 1 aliphatic heterocycles. The predicted molar refractivity (Wildman–Crippen MR) is 82.7 cm³/mol. The lowest BCUT2D eigenvalue weighted by Crippen LogP contribution is -2.02. The molecular weight excluding hydrogens is 272 g/mol. The number of fused-ring (bicyclic) bond motifs is 3. The third-order valence-corrected chi connectivity index (χ3v) is 4.93. The minimum absolute atomic E-state index is 0.831. The highest BCUT2D eigenvalue weighted by atomic mass is 32.2. The summed E-state index contributed by atoms with van der Waals surface area (Å²) in [7, 11) is 0. The Morgan fingerprint density at radius 2 is 2.37 bits per heavy atom. The van der Waals surface area contributed by atoms with E-state index in [-0.39, 0.29) is 0 Å². The van der Waals surface area contributed by atoms with Crippen molar-refractivity contribution in [3.8, 4) is 11.3 Å². The van der Waals surface area contributed by atoms with E-state index in [0.29, 0.717) is 0 Å². The molecule has 0 atom stereocenters. The number of benzene rings is 1. The highest BCUT2D eigenvalue weighted by Crippen LogP contribution is 2.40. The lowest BCUT2D eigenvalue weighted by atomic mass is 10.1. The van der Waals surface area contributed by atoms with E-state index in [2.05, 4.69) is 36.7 Å². The van der Waals surface area contributed by atoms with Crippen LogP contribution in [0.5, 0.6) is 0 Å². The molecule has 0 N–H and O–H groups in total. The van der Waals surface area contributed by atoms with Gasteiger partial charge in [-0.15, -0.1) is 18.3 Å². The van der Waals surface area contributed by atoms with Gasteiger partial charge in [-0.3, -0.25) is 0 Å². The summed E-state index contributed by atoms with van der Waals surface area (Å²) in [5.41, 5.74) is 4.84. The van der Waals surface area contributed by atoms with E-state index in [4.69, 9.17) is 4.98 Å². The van der Waals surface area contributed by atoms with Gasteiger partial charge in [0.15, 0.2) is 5.16 Å². The summed E-state index contributed by atoms with van der Waals surface area (Å²) in [6, 6.07) is 6.57. The van der Waals surface area contributed by atoms with E-state index in [0.717, 1.165) is 22.4 Å². The van der Waals surface area contributed by atoms with Crippen LogP contribution in [-0.4, -0.2) is 15.7 Å². The largest absolute Gasteiger partial charge is 0.231 e. The Bertz CT molecular complexity index is 638. The highest BCUT2D eigenvalue weighted by Gasteiger charge is 2.19. The summed E-state index contributed by atoms with van der Waals surface area (Å²) in [5, 5.41) is 0.831. The van der Waals surface area contributed by atoms with Gasteiger partial charge in [0.1, 0.15) is 0 Å². The SMILES string of the molecule is C=CCSc1ncc2c(n1)-c1cc(C)ccc1SC2. The molecule has 1 aromatic carbocycles. The summed E-state index contributed by atoms with van der Waals surface area (Å²) in [5.74, 6) is 1.80. The molecule has 0 aliphatic carbocycles. The second-order valence-corrected chi connectivity index (χ2v) is 6.42. The zero-order valence-corrected chi connectivity index (χ0v) is 12.4. The average molecular weight is 286 g/mol.